The first-order chi connectivity index (χ1) is 8.02. The molecule has 1 atom stereocenters. The van der Waals surface area contributed by atoms with E-state index in [1.807, 2.05) is 39.0 Å². The van der Waals surface area contributed by atoms with Crippen LogP contribution in [0.1, 0.15) is 26.3 Å². The zero-order chi connectivity index (χ0) is 12.8. The fourth-order valence-corrected chi connectivity index (χ4v) is 1.32. The first-order valence-corrected chi connectivity index (χ1v) is 5.73. The first kappa shape index (κ1) is 13.6. The Morgan fingerprint density at radius 1 is 1.24 bits per heavy atom. The highest BCUT2D eigenvalue weighted by molar-refractivity contribution is 5.55. The molecule has 0 aromatic heterocycles. The van der Waals surface area contributed by atoms with E-state index >= 15 is 0 Å². The average Bonchev–Trinajstić information content (AvgIpc) is 2.28. The van der Waals surface area contributed by atoms with Gasteiger partial charge < -0.3 is 14.6 Å². The van der Waals surface area contributed by atoms with Crippen LogP contribution in [0.2, 0.25) is 0 Å². The molecule has 0 aliphatic carbocycles. The minimum atomic E-state index is 0.0517. The van der Waals surface area contributed by atoms with Crippen LogP contribution in [0, 0.1) is 0 Å². The molecule has 0 aliphatic heterocycles. The van der Waals surface area contributed by atoms with Crippen LogP contribution in [0.3, 0.4) is 0 Å². The third kappa shape index (κ3) is 4.49. The molecule has 1 aromatic carbocycles. The molecule has 0 spiro atoms. The summed E-state index contributed by atoms with van der Waals surface area (Å²) in [4.78, 5) is 0. The summed E-state index contributed by atoms with van der Waals surface area (Å²) in [5, 5.41) is 9.77. The second-order valence-corrected chi connectivity index (χ2v) is 4.19. The van der Waals surface area contributed by atoms with E-state index in [2.05, 4.69) is 0 Å². The van der Waals surface area contributed by atoms with Gasteiger partial charge in [0.25, 0.3) is 0 Å². The second kappa shape index (κ2) is 6.30. The predicted octanol–water partition coefficient (Wildman–Crippen LogP) is 3.23. The Morgan fingerprint density at radius 3 is 2.47 bits per heavy atom. The van der Waals surface area contributed by atoms with Crippen LogP contribution in [-0.4, -0.2) is 24.4 Å². The Hall–Kier alpha value is -1.48. The van der Waals surface area contributed by atoms with Gasteiger partial charge in [-0.25, -0.2) is 0 Å². The van der Waals surface area contributed by atoms with Crippen molar-refractivity contribution in [1.29, 1.82) is 0 Å². The van der Waals surface area contributed by atoms with Gasteiger partial charge in [0.1, 0.15) is 0 Å². The van der Waals surface area contributed by atoms with Crippen molar-refractivity contribution in [2.24, 2.45) is 0 Å². The summed E-state index contributed by atoms with van der Waals surface area (Å²) >= 11 is 0. The number of ether oxygens (including phenoxy) is 2. The lowest BCUT2D eigenvalue weighted by molar-refractivity contribution is 0.157. The lowest BCUT2D eigenvalue weighted by atomic mass is 10.1. The van der Waals surface area contributed by atoms with Crippen molar-refractivity contribution >= 4 is 6.08 Å². The van der Waals surface area contributed by atoms with Gasteiger partial charge in [0.15, 0.2) is 11.5 Å². The van der Waals surface area contributed by atoms with Gasteiger partial charge in [-0.05, 0) is 38.5 Å². The molecule has 17 heavy (non-hydrogen) atoms. The number of hydrogen-bond acceptors (Lipinski definition) is 3. The highest BCUT2D eigenvalue weighted by atomic mass is 16.5. The van der Waals surface area contributed by atoms with Crippen LogP contribution in [0.5, 0.6) is 11.5 Å². The third-order valence-corrected chi connectivity index (χ3v) is 2.28. The van der Waals surface area contributed by atoms with E-state index in [0.29, 0.717) is 5.75 Å². The number of phenolic OH excluding ortho intramolecular Hbond substituents is 1. The van der Waals surface area contributed by atoms with Crippen LogP contribution in [0.15, 0.2) is 24.3 Å². The number of phenols is 1. The minimum Gasteiger partial charge on any atom is -0.504 e. The van der Waals surface area contributed by atoms with Crippen molar-refractivity contribution in [2.75, 3.05) is 7.11 Å². The van der Waals surface area contributed by atoms with E-state index < -0.39 is 0 Å². The molecule has 3 heteroatoms. The van der Waals surface area contributed by atoms with Crippen molar-refractivity contribution < 1.29 is 14.6 Å². The van der Waals surface area contributed by atoms with Crippen LogP contribution in [-0.2, 0) is 4.74 Å². The number of methoxy groups -OCH3 is 1. The smallest absolute Gasteiger partial charge is 0.161 e. The zero-order valence-corrected chi connectivity index (χ0v) is 10.8. The Bertz CT molecular complexity index is 383. The molecular formula is C14H20O3. The number of aromatic hydroxyl groups is 1. The van der Waals surface area contributed by atoms with Gasteiger partial charge in [0, 0.05) is 7.11 Å². The fourth-order valence-electron chi connectivity index (χ4n) is 1.32. The molecule has 1 N–H and O–H groups in total. The maximum Gasteiger partial charge on any atom is 0.161 e. The number of benzene rings is 1. The van der Waals surface area contributed by atoms with Crippen molar-refractivity contribution in [3.05, 3.63) is 29.8 Å². The van der Waals surface area contributed by atoms with Gasteiger partial charge >= 0.3 is 0 Å². The van der Waals surface area contributed by atoms with Gasteiger partial charge in [0.2, 0.25) is 0 Å². The van der Waals surface area contributed by atoms with Crippen LogP contribution >= 0.6 is 0 Å². The monoisotopic (exact) mass is 236 g/mol. The first-order valence-electron chi connectivity index (χ1n) is 5.73. The van der Waals surface area contributed by atoms with Gasteiger partial charge in [-0.1, -0.05) is 18.2 Å². The summed E-state index contributed by atoms with van der Waals surface area (Å²) in [6.45, 7) is 5.80. The van der Waals surface area contributed by atoms with E-state index in [1.165, 1.54) is 0 Å². The molecule has 1 aromatic rings. The van der Waals surface area contributed by atoms with Crippen LogP contribution in [0.25, 0.3) is 6.08 Å². The molecule has 1 unspecified atom stereocenters. The lowest BCUT2D eigenvalue weighted by Crippen LogP contribution is -2.05. The summed E-state index contributed by atoms with van der Waals surface area (Å²) in [5.74, 6) is 0.669. The predicted molar refractivity (Wildman–Crippen MR) is 69.4 cm³/mol. The average molecular weight is 236 g/mol. The highest BCUT2D eigenvalue weighted by Crippen LogP contribution is 2.28. The van der Waals surface area contributed by atoms with Crippen molar-refractivity contribution in [3.63, 3.8) is 0 Å². The topological polar surface area (TPSA) is 38.7 Å². The van der Waals surface area contributed by atoms with Crippen LogP contribution < -0.4 is 4.74 Å². The van der Waals surface area contributed by atoms with E-state index in [9.17, 15) is 5.11 Å². The van der Waals surface area contributed by atoms with Crippen LogP contribution in [0.4, 0.5) is 0 Å². The lowest BCUT2D eigenvalue weighted by Gasteiger charge is -2.11. The Balaban J connectivity index is 2.78. The summed E-state index contributed by atoms with van der Waals surface area (Å²) in [7, 11) is 1.66. The van der Waals surface area contributed by atoms with E-state index in [1.54, 1.807) is 19.2 Å². The van der Waals surface area contributed by atoms with Crippen molar-refractivity contribution in [3.8, 4) is 11.5 Å². The fraction of sp³-hybridized carbons (Fsp3) is 0.429. The highest BCUT2D eigenvalue weighted by Gasteiger charge is 2.04. The van der Waals surface area contributed by atoms with Gasteiger partial charge in [-0.15, -0.1) is 0 Å². The molecule has 0 saturated carbocycles. The van der Waals surface area contributed by atoms with Crippen molar-refractivity contribution in [2.45, 2.75) is 33.0 Å². The molecular weight excluding hydrogens is 216 g/mol. The van der Waals surface area contributed by atoms with Gasteiger partial charge in [-0.3, -0.25) is 0 Å². The standard InChI is InChI=1S/C14H20O3/c1-10(2)17-14-8-7-12(9-13(14)15)6-5-11(3)16-4/h5-11,15H,1-4H3/b6-5+. The van der Waals surface area contributed by atoms with Crippen molar-refractivity contribution in [1.82, 2.24) is 0 Å². The van der Waals surface area contributed by atoms with Gasteiger partial charge in [0.05, 0.1) is 12.2 Å². The summed E-state index contributed by atoms with van der Waals surface area (Å²) in [6.07, 6.45) is 3.95. The molecule has 0 heterocycles. The molecule has 94 valence electrons. The summed E-state index contributed by atoms with van der Waals surface area (Å²) in [6, 6.07) is 5.35. The molecule has 0 amide bonds. The molecule has 0 fully saturated rings. The van der Waals surface area contributed by atoms with E-state index in [0.717, 1.165) is 5.56 Å². The molecule has 0 radical (unpaired) electrons. The largest absolute Gasteiger partial charge is 0.504 e. The number of hydrogen-bond donors (Lipinski definition) is 1. The molecule has 0 saturated heterocycles. The molecule has 0 bridgehead atoms. The zero-order valence-electron chi connectivity index (χ0n) is 10.8. The Morgan fingerprint density at radius 2 is 1.94 bits per heavy atom. The normalized spacial score (nSPS) is 13.2. The second-order valence-electron chi connectivity index (χ2n) is 4.19. The SMILES string of the molecule is COC(C)/C=C/c1ccc(OC(C)C)c(O)c1. The summed E-state index contributed by atoms with van der Waals surface area (Å²) < 4.78 is 10.6. The molecule has 1 rings (SSSR count). The maximum atomic E-state index is 9.77. The van der Waals surface area contributed by atoms with E-state index in [-0.39, 0.29) is 18.0 Å². The third-order valence-electron chi connectivity index (χ3n) is 2.28. The number of rotatable bonds is 5. The van der Waals surface area contributed by atoms with Gasteiger partial charge in [-0.2, -0.15) is 0 Å². The minimum absolute atomic E-state index is 0.0517. The van der Waals surface area contributed by atoms with E-state index in [4.69, 9.17) is 9.47 Å². The molecule has 0 aliphatic rings. The Kier molecular flexibility index (Phi) is 5.04. The summed E-state index contributed by atoms with van der Waals surface area (Å²) in [5.41, 5.74) is 0.919. The Labute approximate surface area is 103 Å². The maximum absolute atomic E-state index is 9.77. The molecule has 3 nitrogen and oxygen atoms in total. The quantitative estimate of drug-likeness (QED) is 0.853.